The summed E-state index contributed by atoms with van der Waals surface area (Å²) in [6, 6.07) is 9.62. The van der Waals surface area contributed by atoms with E-state index in [2.05, 4.69) is 21.2 Å². The zero-order valence-electron chi connectivity index (χ0n) is 9.67. The quantitative estimate of drug-likeness (QED) is 0.687. The third-order valence-electron chi connectivity index (χ3n) is 2.80. The van der Waals surface area contributed by atoms with Gasteiger partial charge in [-0.3, -0.25) is 10.1 Å². The number of nitro groups is 1. The van der Waals surface area contributed by atoms with Crippen LogP contribution in [0, 0.1) is 10.1 Å². The van der Waals surface area contributed by atoms with Crippen LogP contribution in [0.25, 0.3) is 0 Å². The van der Waals surface area contributed by atoms with Crippen molar-refractivity contribution in [2.45, 2.75) is 19.0 Å². The second-order valence-electron chi connectivity index (χ2n) is 4.07. The second-order valence-corrected chi connectivity index (χ2v) is 4.99. The lowest BCUT2D eigenvalue weighted by molar-refractivity contribution is -0.430. The van der Waals surface area contributed by atoms with E-state index in [1.165, 1.54) is 0 Å². The molecule has 0 aliphatic heterocycles. The number of rotatable bonds is 4. The number of benzene rings is 1. The maximum Gasteiger partial charge on any atom is 0.264 e. The van der Waals surface area contributed by atoms with Crippen molar-refractivity contribution in [1.82, 2.24) is 5.32 Å². The predicted octanol–water partition coefficient (Wildman–Crippen LogP) is 2.99. The van der Waals surface area contributed by atoms with Gasteiger partial charge in [-0.05, 0) is 12.0 Å². The Kier molecular flexibility index (Phi) is 4.28. The van der Waals surface area contributed by atoms with Gasteiger partial charge < -0.3 is 5.32 Å². The Morgan fingerprint density at radius 3 is 2.78 bits per heavy atom. The van der Waals surface area contributed by atoms with Gasteiger partial charge in [-0.15, -0.1) is 0 Å². The maximum atomic E-state index is 11.0. The number of halogens is 1. The van der Waals surface area contributed by atoms with Gasteiger partial charge in [0, 0.05) is 17.1 Å². The highest BCUT2D eigenvalue weighted by Gasteiger charge is 2.26. The summed E-state index contributed by atoms with van der Waals surface area (Å²) in [5.41, 5.74) is 1.33. The largest absolute Gasteiger partial charge is 0.300 e. The molecule has 1 aromatic rings. The van der Waals surface area contributed by atoms with Gasteiger partial charge in [0.1, 0.15) is 6.04 Å². The third kappa shape index (κ3) is 3.27. The second kappa shape index (κ2) is 5.93. The van der Waals surface area contributed by atoms with E-state index in [0.29, 0.717) is 13.0 Å². The molecule has 94 valence electrons. The number of hydrogen-bond donors (Lipinski definition) is 1. The number of hydrogen-bond acceptors (Lipinski definition) is 3. The molecule has 0 spiro atoms. The molecule has 1 unspecified atom stereocenters. The van der Waals surface area contributed by atoms with Crippen molar-refractivity contribution < 1.29 is 4.92 Å². The molecule has 0 saturated carbocycles. The first-order valence-corrected chi connectivity index (χ1v) is 6.45. The van der Waals surface area contributed by atoms with Crippen LogP contribution in [0.1, 0.15) is 12.0 Å². The minimum absolute atomic E-state index is 0.209. The Labute approximate surface area is 114 Å². The molecule has 1 aromatic carbocycles. The first-order chi connectivity index (χ1) is 8.66. The molecular weight excluding hydrogens is 296 g/mol. The molecule has 18 heavy (non-hydrogen) atoms. The minimum Gasteiger partial charge on any atom is -0.300 e. The van der Waals surface area contributed by atoms with E-state index in [-0.39, 0.29) is 16.7 Å². The number of nitrogens with zero attached hydrogens (tertiary/aromatic N) is 1. The Bertz CT molecular complexity index is 497. The summed E-state index contributed by atoms with van der Waals surface area (Å²) < 4.78 is 0.770. The molecule has 5 heteroatoms. The van der Waals surface area contributed by atoms with E-state index < -0.39 is 0 Å². The van der Waals surface area contributed by atoms with Crippen LogP contribution in [0.2, 0.25) is 0 Å². The van der Waals surface area contributed by atoms with Crippen molar-refractivity contribution in [2.24, 2.45) is 0 Å². The van der Waals surface area contributed by atoms with Gasteiger partial charge in [0.25, 0.3) is 5.70 Å². The minimum atomic E-state index is -0.322. The van der Waals surface area contributed by atoms with Gasteiger partial charge in [-0.1, -0.05) is 52.3 Å². The van der Waals surface area contributed by atoms with Crippen LogP contribution in [-0.4, -0.2) is 11.0 Å². The lowest BCUT2D eigenvalue weighted by Gasteiger charge is -2.17. The standard InChI is InChI=1S/C13H13BrN2O2/c14-11-6-7-12(13(8-11)16(17)18)15-9-10-4-2-1-3-5-10/h1-6,8,12,15H,7,9H2. The number of nitrogens with one attached hydrogen (secondary N) is 1. The third-order valence-corrected chi connectivity index (χ3v) is 3.35. The van der Waals surface area contributed by atoms with E-state index in [9.17, 15) is 10.1 Å². The van der Waals surface area contributed by atoms with Gasteiger partial charge in [0.05, 0.1) is 4.92 Å². The average Bonchev–Trinajstić information content (AvgIpc) is 2.38. The zero-order chi connectivity index (χ0) is 13.0. The summed E-state index contributed by atoms with van der Waals surface area (Å²) in [6.45, 7) is 0.627. The highest BCUT2D eigenvalue weighted by Crippen LogP contribution is 2.22. The first kappa shape index (κ1) is 13.0. The van der Waals surface area contributed by atoms with Crippen LogP contribution in [0.3, 0.4) is 0 Å². The molecular formula is C13H13BrN2O2. The SMILES string of the molecule is O=[N+]([O-])C1=CC(Br)=CCC1NCc1ccccc1. The molecule has 0 bridgehead atoms. The average molecular weight is 309 g/mol. The predicted molar refractivity (Wildman–Crippen MR) is 73.8 cm³/mol. The first-order valence-electron chi connectivity index (χ1n) is 5.66. The summed E-state index contributed by atoms with van der Waals surface area (Å²) in [4.78, 5) is 10.6. The Morgan fingerprint density at radius 2 is 2.11 bits per heavy atom. The van der Waals surface area contributed by atoms with Gasteiger partial charge >= 0.3 is 0 Å². The van der Waals surface area contributed by atoms with Gasteiger partial charge in [0.2, 0.25) is 0 Å². The summed E-state index contributed by atoms with van der Waals surface area (Å²) >= 11 is 3.27. The maximum absolute atomic E-state index is 11.0. The van der Waals surface area contributed by atoms with Crippen LogP contribution in [0.4, 0.5) is 0 Å². The van der Waals surface area contributed by atoms with E-state index in [1.54, 1.807) is 6.08 Å². The highest BCUT2D eigenvalue weighted by molar-refractivity contribution is 9.11. The Morgan fingerprint density at radius 1 is 1.39 bits per heavy atom. The summed E-state index contributed by atoms with van der Waals surface area (Å²) in [5, 5.41) is 14.2. The highest BCUT2D eigenvalue weighted by atomic mass is 79.9. The molecule has 1 aliphatic rings. The monoisotopic (exact) mass is 308 g/mol. The zero-order valence-corrected chi connectivity index (χ0v) is 11.3. The van der Waals surface area contributed by atoms with Crippen LogP contribution in [0.5, 0.6) is 0 Å². The molecule has 0 heterocycles. The molecule has 1 N–H and O–H groups in total. The van der Waals surface area contributed by atoms with Crippen LogP contribution >= 0.6 is 15.9 Å². The Hall–Kier alpha value is -1.46. The fraction of sp³-hybridized carbons (Fsp3) is 0.231. The molecule has 0 amide bonds. The molecule has 0 aromatic heterocycles. The molecule has 0 fully saturated rings. The van der Waals surface area contributed by atoms with Crippen LogP contribution in [0.15, 0.2) is 52.7 Å². The molecule has 2 rings (SSSR count). The lowest BCUT2D eigenvalue weighted by Crippen LogP contribution is -2.34. The molecule has 0 saturated heterocycles. The lowest BCUT2D eigenvalue weighted by atomic mass is 10.0. The molecule has 0 radical (unpaired) electrons. The van der Waals surface area contributed by atoms with E-state index in [0.717, 1.165) is 10.0 Å². The summed E-state index contributed by atoms with van der Waals surface area (Å²) in [6.07, 6.45) is 4.13. The van der Waals surface area contributed by atoms with E-state index >= 15 is 0 Å². The van der Waals surface area contributed by atoms with Crippen molar-refractivity contribution in [1.29, 1.82) is 0 Å². The van der Waals surface area contributed by atoms with E-state index in [4.69, 9.17) is 0 Å². The van der Waals surface area contributed by atoms with Crippen molar-refractivity contribution in [3.63, 3.8) is 0 Å². The fourth-order valence-electron chi connectivity index (χ4n) is 1.86. The van der Waals surface area contributed by atoms with Crippen molar-refractivity contribution in [3.8, 4) is 0 Å². The van der Waals surface area contributed by atoms with Gasteiger partial charge in [-0.2, -0.15) is 0 Å². The molecule has 1 atom stereocenters. The van der Waals surface area contributed by atoms with E-state index in [1.807, 2.05) is 36.4 Å². The van der Waals surface area contributed by atoms with Gasteiger partial charge in [0.15, 0.2) is 0 Å². The van der Waals surface area contributed by atoms with Crippen molar-refractivity contribution in [2.75, 3.05) is 0 Å². The van der Waals surface area contributed by atoms with Crippen molar-refractivity contribution in [3.05, 3.63) is 68.3 Å². The summed E-state index contributed by atoms with van der Waals surface area (Å²) in [7, 11) is 0. The molecule has 4 nitrogen and oxygen atoms in total. The molecule has 1 aliphatic carbocycles. The normalized spacial score (nSPS) is 19.1. The van der Waals surface area contributed by atoms with Gasteiger partial charge in [-0.25, -0.2) is 0 Å². The van der Waals surface area contributed by atoms with Crippen molar-refractivity contribution >= 4 is 15.9 Å². The Balaban J connectivity index is 2.02. The summed E-state index contributed by atoms with van der Waals surface area (Å²) in [5.74, 6) is 0. The fourth-order valence-corrected chi connectivity index (χ4v) is 2.28. The van der Waals surface area contributed by atoms with Crippen LogP contribution < -0.4 is 5.32 Å². The smallest absolute Gasteiger partial charge is 0.264 e. The topological polar surface area (TPSA) is 55.2 Å². The van der Waals surface area contributed by atoms with Crippen LogP contribution in [-0.2, 0) is 6.54 Å². The number of allylic oxidation sites excluding steroid dienone is 2.